The first-order valence-electron chi connectivity index (χ1n) is 9.59. The summed E-state index contributed by atoms with van der Waals surface area (Å²) in [6.45, 7) is 2.01. The van der Waals surface area contributed by atoms with Crippen molar-refractivity contribution in [3.05, 3.63) is 114 Å². The number of hydrogen-bond donors (Lipinski definition) is 1. The number of aryl methyl sites for hydroxylation is 1. The van der Waals surface area contributed by atoms with Crippen molar-refractivity contribution in [2.24, 2.45) is 0 Å². The number of nitrogens with two attached hydrogens (primary N) is 1. The summed E-state index contributed by atoms with van der Waals surface area (Å²) in [6, 6.07) is 29.2. The lowest BCUT2D eigenvalue weighted by atomic mass is 10.0. The molecule has 0 atom stereocenters. The van der Waals surface area contributed by atoms with E-state index in [2.05, 4.69) is 0 Å². The van der Waals surface area contributed by atoms with Gasteiger partial charge in [0.25, 0.3) is 0 Å². The van der Waals surface area contributed by atoms with E-state index in [-0.39, 0.29) is 5.78 Å². The maximum absolute atomic E-state index is 12.8. The first-order valence-corrected chi connectivity index (χ1v) is 9.59. The average molecular weight is 395 g/mol. The Hall–Kier alpha value is -4.05. The lowest BCUT2D eigenvalue weighted by molar-refractivity contribution is 0.103. The molecule has 148 valence electrons. The normalized spacial score (nSPS) is 10.4. The van der Waals surface area contributed by atoms with Gasteiger partial charge in [0.05, 0.1) is 0 Å². The molecular formula is C26H21NO3. The Bertz CT molecular complexity index is 1150. The molecule has 0 fully saturated rings. The fourth-order valence-corrected chi connectivity index (χ4v) is 3.00. The molecule has 0 radical (unpaired) electrons. The van der Waals surface area contributed by atoms with Crippen LogP contribution in [0.1, 0.15) is 21.5 Å². The summed E-state index contributed by atoms with van der Waals surface area (Å²) >= 11 is 0. The van der Waals surface area contributed by atoms with Crippen LogP contribution in [0.2, 0.25) is 0 Å². The predicted octanol–water partition coefficient (Wildman–Crippen LogP) is 6.39. The molecule has 0 aliphatic heterocycles. The molecule has 4 aromatic carbocycles. The summed E-state index contributed by atoms with van der Waals surface area (Å²) in [4.78, 5) is 12.8. The topological polar surface area (TPSA) is 61.5 Å². The maximum atomic E-state index is 12.8. The number of carbonyl (C=O) groups is 1. The number of anilines is 1. The quantitative estimate of drug-likeness (QED) is 0.303. The van der Waals surface area contributed by atoms with E-state index in [9.17, 15) is 4.79 Å². The molecule has 0 amide bonds. The van der Waals surface area contributed by atoms with Crippen molar-refractivity contribution < 1.29 is 14.3 Å². The number of ether oxygens (including phenoxy) is 2. The third kappa shape index (κ3) is 4.67. The smallest absolute Gasteiger partial charge is 0.193 e. The fraction of sp³-hybridized carbons (Fsp3) is 0.0385. The molecule has 0 aromatic heterocycles. The highest BCUT2D eigenvalue weighted by Crippen LogP contribution is 2.25. The third-order valence-corrected chi connectivity index (χ3v) is 4.57. The van der Waals surface area contributed by atoms with E-state index in [0.717, 1.165) is 11.3 Å². The summed E-state index contributed by atoms with van der Waals surface area (Å²) < 4.78 is 11.6. The number of nitrogen functional groups attached to an aromatic ring is 1. The standard InChI is InChI=1S/C26H21NO3/c1-18-3-2-4-25(17-18)30-23-13-7-20(8-14-23)26(28)19-5-11-22(12-6-19)29-24-15-9-21(27)10-16-24/h2-17H,27H2,1H3. The third-order valence-electron chi connectivity index (χ3n) is 4.57. The molecule has 4 rings (SSSR count). The molecule has 0 heterocycles. The minimum Gasteiger partial charge on any atom is -0.457 e. The van der Waals surface area contributed by atoms with E-state index in [1.54, 1.807) is 72.8 Å². The van der Waals surface area contributed by atoms with Crippen LogP contribution in [0, 0.1) is 6.92 Å². The summed E-state index contributed by atoms with van der Waals surface area (Å²) in [5, 5.41) is 0. The molecule has 0 unspecified atom stereocenters. The molecule has 30 heavy (non-hydrogen) atoms. The van der Waals surface area contributed by atoms with Crippen molar-refractivity contribution >= 4 is 11.5 Å². The van der Waals surface area contributed by atoms with E-state index in [4.69, 9.17) is 15.2 Å². The van der Waals surface area contributed by atoms with Gasteiger partial charge in [-0.25, -0.2) is 0 Å². The Labute approximate surface area is 175 Å². The predicted molar refractivity (Wildman–Crippen MR) is 118 cm³/mol. The number of hydrogen-bond acceptors (Lipinski definition) is 4. The number of ketones is 1. The fourth-order valence-electron chi connectivity index (χ4n) is 3.00. The van der Waals surface area contributed by atoms with Crippen molar-refractivity contribution in [1.29, 1.82) is 0 Å². The van der Waals surface area contributed by atoms with Gasteiger partial charge in [-0.3, -0.25) is 4.79 Å². The molecule has 0 aliphatic carbocycles. The second-order valence-corrected chi connectivity index (χ2v) is 6.97. The molecule has 0 aliphatic rings. The van der Waals surface area contributed by atoms with E-state index in [1.165, 1.54) is 0 Å². The van der Waals surface area contributed by atoms with Gasteiger partial charge in [-0.15, -0.1) is 0 Å². The van der Waals surface area contributed by atoms with Gasteiger partial charge in [0.2, 0.25) is 0 Å². The van der Waals surface area contributed by atoms with E-state index >= 15 is 0 Å². The number of carbonyl (C=O) groups excluding carboxylic acids is 1. The number of benzene rings is 4. The zero-order valence-electron chi connectivity index (χ0n) is 16.5. The lowest BCUT2D eigenvalue weighted by Crippen LogP contribution is -2.01. The van der Waals surface area contributed by atoms with Crippen LogP contribution in [0.15, 0.2) is 97.1 Å². The zero-order valence-corrected chi connectivity index (χ0v) is 16.5. The van der Waals surface area contributed by atoms with Gasteiger partial charge in [0, 0.05) is 16.8 Å². The maximum Gasteiger partial charge on any atom is 0.193 e. The summed E-state index contributed by atoms with van der Waals surface area (Å²) in [5.74, 6) is 2.73. The zero-order chi connectivity index (χ0) is 20.9. The second kappa shape index (κ2) is 8.53. The Morgan fingerprint density at radius 3 is 1.60 bits per heavy atom. The van der Waals surface area contributed by atoms with Gasteiger partial charge in [0.15, 0.2) is 5.78 Å². The first kappa shape index (κ1) is 19.3. The van der Waals surface area contributed by atoms with E-state index in [1.807, 2.05) is 31.2 Å². The SMILES string of the molecule is Cc1cccc(Oc2ccc(C(=O)c3ccc(Oc4ccc(N)cc4)cc3)cc2)c1. The molecule has 0 saturated heterocycles. The molecule has 4 nitrogen and oxygen atoms in total. The molecule has 4 heteroatoms. The summed E-state index contributed by atoms with van der Waals surface area (Å²) in [7, 11) is 0. The molecule has 0 bridgehead atoms. The Balaban J connectivity index is 1.43. The summed E-state index contributed by atoms with van der Waals surface area (Å²) in [6.07, 6.45) is 0. The van der Waals surface area contributed by atoms with Crippen molar-refractivity contribution in [1.82, 2.24) is 0 Å². The van der Waals surface area contributed by atoms with Crippen molar-refractivity contribution in [2.45, 2.75) is 6.92 Å². The Morgan fingerprint density at radius 2 is 1.10 bits per heavy atom. The molecule has 0 saturated carbocycles. The van der Waals surface area contributed by atoms with Crippen LogP contribution in [-0.4, -0.2) is 5.78 Å². The lowest BCUT2D eigenvalue weighted by Gasteiger charge is -2.08. The van der Waals surface area contributed by atoms with Crippen LogP contribution < -0.4 is 15.2 Å². The van der Waals surface area contributed by atoms with Gasteiger partial charge in [-0.05, 0) is 97.4 Å². The van der Waals surface area contributed by atoms with Crippen LogP contribution in [-0.2, 0) is 0 Å². The van der Waals surface area contributed by atoms with Crippen LogP contribution in [0.4, 0.5) is 5.69 Å². The highest BCUT2D eigenvalue weighted by atomic mass is 16.5. The Kier molecular flexibility index (Phi) is 5.48. The van der Waals surface area contributed by atoms with Gasteiger partial charge < -0.3 is 15.2 Å². The summed E-state index contributed by atoms with van der Waals surface area (Å²) in [5.41, 5.74) is 8.67. The highest BCUT2D eigenvalue weighted by molar-refractivity contribution is 6.09. The van der Waals surface area contributed by atoms with E-state index in [0.29, 0.717) is 34.1 Å². The first-order chi connectivity index (χ1) is 14.6. The van der Waals surface area contributed by atoms with Crippen molar-refractivity contribution in [3.8, 4) is 23.0 Å². The van der Waals surface area contributed by atoms with Crippen LogP contribution in [0.25, 0.3) is 0 Å². The van der Waals surface area contributed by atoms with E-state index < -0.39 is 0 Å². The van der Waals surface area contributed by atoms with Gasteiger partial charge in [0.1, 0.15) is 23.0 Å². The van der Waals surface area contributed by atoms with Crippen LogP contribution in [0.3, 0.4) is 0 Å². The monoisotopic (exact) mass is 395 g/mol. The largest absolute Gasteiger partial charge is 0.457 e. The van der Waals surface area contributed by atoms with Gasteiger partial charge in [-0.1, -0.05) is 12.1 Å². The van der Waals surface area contributed by atoms with Crippen LogP contribution >= 0.6 is 0 Å². The van der Waals surface area contributed by atoms with Crippen molar-refractivity contribution in [3.63, 3.8) is 0 Å². The molecule has 2 N–H and O–H groups in total. The van der Waals surface area contributed by atoms with Crippen LogP contribution in [0.5, 0.6) is 23.0 Å². The minimum absolute atomic E-state index is 0.0591. The number of rotatable bonds is 6. The molecule has 4 aromatic rings. The molecular weight excluding hydrogens is 374 g/mol. The molecule has 0 spiro atoms. The highest BCUT2D eigenvalue weighted by Gasteiger charge is 2.10. The second-order valence-electron chi connectivity index (χ2n) is 6.97. The van der Waals surface area contributed by atoms with Gasteiger partial charge >= 0.3 is 0 Å². The van der Waals surface area contributed by atoms with Gasteiger partial charge in [-0.2, -0.15) is 0 Å². The Morgan fingerprint density at radius 1 is 0.633 bits per heavy atom. The minimum atomic E-state index is -0.0591. The van der Waals surface area contributed by atoms with Crippen molar-refractivity contribution in [2.75, 3.05) is 5.73 Å². The average Bonchev–Trinajstić information content (AvgIpc) is 2.76.